The fourth-order valence-corrected chi connectivity index (χ4v) is 2.17. The number of aldehydes is 1. The predicted molar refractivity (Wildman–Crippen MR) is 85.2 cm³/mol. The molecule has 0 fully saturated rings. The summed E-state index contributed by atoms with van der Waals surface area (Å²) in [6.45, 7) is 4.14. The molecule has 0 bridgehead atoms. The first-order valence-corrected chi connectivity index (χ1v) is 7.14. The third kappa shape index (κ3) is 3.85. The Morgan fingerprint density at radius 2 is 1.96 bits per heavy atom. The minimum Gasteiger partial charge on any atom is -0.490 e. The second-order valence-corrected chi connectivity index (χ2v) is 4.86. The number of nitrogens with zero attached hydrogens (tertiary/aromatic N) is 1. The second kappa shape index (κ2) is 7.40. The minimum atomic E-state index is -0.413. The lowest BCUT2D eigenvalue weighted by Crippen LogP contribution is -2.03. The van der Waals surface area contributed by atoms with Gasteiger partial charge in [0.15, 0.2) is 11.5 Å². The van der Waals surface area contributed by atoms with Crippen LogP contribution in [0.3, 0.4) is 0 Å². The maximum Gasteiger partial charge on any atom is 0.272 e. The van der Waals surface area contributed by atoms with Gasteiger partial charge in [0.2, 0.25) is 0 Å². The van der Waals surface area contributed by atoms with Gasteiger partial charge in [-0.25, -0.2) is 0 Å². The number of benzene rings is 2. The van der Waals surface area contributed by atoms with Crippen LogP contribution < -0.4 is 9.47 Å². The number of nitro groups is 1. The molecular weight excluding hydrogens is 298 g/mol. The Morgan fingerprint density at radius 3 is 2.61 bits per heavy atom. The molecule has 0 aliphatic heterocycles. The van der Waals surface area contributed by atoms with Gasteiger partial charge in [-0.3, -0.25) is 14.9 Å². The third-order valence-corrected chi connectivity index (χ3v) is 3.40. The lowest BCUT2D eigenvalue weighted by molar-refractivity contribution is -0.385. The van der Waals surface area contributed by atoms with E-state index in [0.717, 1.165) is 11.8 Å². The Morgan fingerprint density at radius 1 is 1.17 bits per heavy atom. The lowest BCUT2D eigenvalue weighted by atomic mass is 10.1. The van der Waals surface area contributed by atoms with Gasteiger partial charge in [-0.05, 0) is 37.6 Å². The standard InChI is InChI=1S/C17H17NO5/c1-3-22-17-9-13(10-19)7-8-16(17)23-11-14-5-4-6-15(12(14)2)18(20)21/h4-10H,3,11H2,1-2H3. The third-order valence-electron chi connectivity index (χ3n) is 3.40. The molecule has 0 aliphatic carbocycles. The van der Waals surface area contributed by atoms with Gasteiger partial charge in [0.25, 0.3) is 5.69 Å². The summed E-state index contributed by atoms with van der Waals surface area (Å²) in [5.41, 5.74) is 1.85. The van der Waals surface area contributed by atoms with Crippen molar-refractivity contribution in [2.75, 3.05) is 6.61 Å². The number of ether oxygens (including phenoxy) is 2. The van der Waals surface area contributed by atoms with E-state index in [1.165, 1.54) is 6.07 Å². The summed E-state index contributed by atoms with van der Waals surface area (Å²) >= 11 is 0. The van der Waals surface area contributed by atoms with E-state index in [1.807, 2.05) is 6.92 Å². The van der Waals surface area contributed by atoms with Gasteiger partial charge in [0.1, 0.15) is 12.9 Å². The zero-order valence-corrected chi connectivity index (χ0v) is 12.9. The van der Waals surface area contributed by atoms with Crippen molar-refractivity contribution in [3.63, 3.8) is 0 Å². The van der Waals surface area contributed by atoms with Gasteiger partial charge in [0.05, 0.1) is 11.5 Å². The van der Waals surface area contributed by atoms with E-state index < -0.39 is 4.92 Å². The van der Waals surface area contributed by atoms with Gasteiger partial charge in [-0.2, -0.15) is 0 Å². The molecule has 0 saturated carbocycles. The Kier molecular flexibility index (Phi) is 5.30. The zero-order valence-electron chi connectivity index (χ0n) is 12.9. The van der Waals surface area contributed by atoms with Crippen molar-refractivity contribution in [2.24, 2.45) is 0 Å². The molecule has 0 saturated heterocycles. The van der Waals surface area contributed by atoms with Crippen molar-refractivity contribution in [3.8, 4) is 11.5 Å². The Labute approximate surface area is 133 Å². The second-order valence-electron chi connectivity index (χ2n) is 4.86. The molecule has 0 aliphatic rings. The van der Waals surface area contributed by atoms with Crippen molar-refractivity contribution < 1.29 is 19.2 Å². The molecule has 6 heteroatoms. The van der Waals surface area contributed by atoms with Crippen LogP contribution in [-0.4, -0.2) is 17.8 Å². The van der Waals surface area contributed by atoms with Crippen molar-refractivity contribution in [3.05, 3.63) is 63.2 Å². The van der Waals surface area contributed by atoms with Crippen LogP contribution in [0.4, 0.5) is 5.69 Å². The van der Waals surface area contributed by atoms with Gasteiger partial charge in [-0.1, -0.05) is 12.1 Å². The number of rotatable bonds is 7. The minimum absolute atomic E-state index is 0.0624. The first-order chi connectivity index (χ1) is 11.1. The average Bonchev–Trinajstić information content (AvgIpc) is 2.54. The van der Waals surface area contributed by atoms with Gasteiger partial charge in [0, 0.05) is 17.2 Å². The van der Waals surface area contributed by atoms with Crippen LogP contribution >= 0.6 is 0 Å². The Balaban J connectivity index is 2.22. The van der Waals surface area contributed by atoms with E-state index >= 15 is 0 Å². The van der Waals surface area contributed by atoms with E-state index in [-0.39, 0.29) is 12.3 Å². The number of nitro benzene ring substituents is 1. The molecule has 0 heterocycles. The fourth-order valence-electron chi connectivity index (χ4n) is 2.17. The highest BCUT2D eigenvalue weighted by Gasteiger charge is 2.14. The molecule has 0 spiro atoms. The molecule has 0 amide bonds. The van der Waals surface area contributed by atoms with Crippen LogP contribution in [0.15, 0.2) is 36.4 Å². The van der Waals surface area contributed by atoms with Crippen molar-refractivity contribution in [1.29, 1.82) is 0 Å². The number of hydrogen-bond donors (Lipinski definition) is 0. The molecule has 0 aromatic heterocycles. The van der Waals surface area contributed by atoms with E-state index in [0.29, 0.717) is 29.2 Å². The van der Waals surface area contributed by atoms with E-state index in [2.05, 4.69) is 0 Å². The SMILES string of the molecule is CCOc1cc(C=O)ccc1OCc1cccc([N+](=O)[O-])c1C. The molecule has 120 valence electrons. The van der Waals surface area contributed by atoms with Crippen molar-refractivity contribution in [2.45, 2.75) is 20.5 Å². The summed E-state index contributed by atoms with van der Waals surface area (Å²) in [6, 6.07) is 9.76. The summed E-state index contributed by atoms with van der Waals surface area (Å²) < 4.78 is 11.2. The topological polar surface area (TPSA) is 78.7 Å². The lowest BCUT2D eigenvalue weighted by Gasteiger charge is -2.13. The Hall–Kier alpha value is -2.89. The van der Waals surface area contributed by atoms with Crippen LogP contribution in [0.25, 0.3) is 0 Å². The summed E-state index contributed by atoms with van der Waals surface area (Å²) in [5, 5.41) is 11.0. The van der Waals surface area contributed by atoms with Crippen molar-refractivity contribution in [1.82, 2.24) is 0 Å². The molecule has 6 nitrogen and oxygen atoms in total. The van der Waals surface area contributed by atoms with E-state index in [4.69, 9.17) is 9.47 Å². The highest BCUT2D eigenvalue weighted by atomic mass is 16.6. The van der Waals surface area contributed by atoms with Crippen LogP contribution in [0.2, 0.25) is 0 Å². The van der Waals surface area contributed by atoms with Crippen LogP contribution in [0.5, 0.6) is 11.5 Å². The number of hydrogen-bond acceptors (Lipinski definition) is 5. The maximum atomic E-state index is 11.0. The van der Waals surface area contributed by atoms with Crippen LogP contribution in [-0.2, 0) is 6.61 Å². The van der Waals surface area contributed by atoms with E-state index in [9.17, 15) is 14.9 Å². The van der Waals surface area contributed by atoms with Crippen LogP contribution in [0, 0.1) is 17.0 Å². The molecule has 2 rings (SSSR count). The summed E-state index contributed by atoms with van der Waals surface area (Å²) in [7, 11) is 0. The first-order valence-electron chi connectivity index (χ1n) is 7.14. The fraction of sp³-hybridized carbons (Fsp3) is 0.235. The predicted octanol–water partition coefficient (Wildman–Crippen LogP) is 3.69. The number of carbonyl (C=O) groups excluding carboxylic acids is 1. The summed E-state index contributed by atoms with van der Waals surface area (Å²) in [5.74, 6) is 0.962. The highest BCUT2D eigenvalue weighted by molar-refractivity contribution is 5.76. The number of carbonyl (C=O) groups is 1. The zero-order chi connectivity index (χ0) is 16.8. The molecule has 23 heavy (non-hydrogen) atoms. The quantitative estimate of drug-likeness (QED) is 0.442. The summed E-state index contributed by atoms with van der Waals surface area (Å²) in [6.07, 6.45) is 0.733. The molecular formula is C17H17NO5. The van der Waals surface area contributed by atoms with Gasteiger partial charge in [-0.15, -0.1) is 0 Å². The van der Waals surface area contributed by atoms with Crippen LogP contribution in [0.1, 0.15) is 28.4 Å². The molecule has 2 aromatic rings. The van der Waals surface area contributed by atoms with Crippen molar-refractivity contribution >= 4 is 12.0 Å². The smallest absolute Gasteiger partial charge is 0.272 e. The first kappa shape index (κ1) is 16.5. The monoisotopic (exact) mass is 315 g/mol. The molecule has 0 N–H and O–H groups in total. The largest absolute Gasteiger partial charge is 0.490 e. The molecule has 2 aromatic carbocycles. The maximum absolute atomic E-state index is 11.0. The molecule has 0 atom stereocenters. The van der Waals surface area contributed by atoms with E-state index in [1.54, 1.807) is 37.3 Å². The normalized spacial score (nSPS) is 10.2. The highest BCUT2D eigenvalue weighted by Crippen LogP contribution is 2.30. The van der Waals surface area contributed by atoms with Gasteiger partial charge >= 0.3 is 0 Å². The summed E-state index contributed by atoms with van der Waals surface area (Å²) in [4.78, 5) is 21.4. The average molecular weight is 315 g/mol. The Bertz CT molecular complexity index is 727. The molecule has 0 radical (unpaired) electrons. The molecule has 0 unspecified atom stereocenters. The van der Waals surface area contributed by atoms with Gasteiger partial charge < -0.3 is 9.47 Å².